The van der Waals surface area contributed by atoms with E-state index in [-0.39, 0.29) is 6.09 Å². The van der Waals surface area contributed by atoms with Gasteiger partial charge in [0.2, 0.25) is 0 Å². The van der Waals surface area contributed by atoms with E-state index in [1.54, 1.807) is 17.0 Å². The Labute approximate surface area is 130 Å². The van der Waals surface area contributed by atoms with Crippen LogP contribution in [0.3, 0.4) is 0 Å². The maximum absolute atomic E-state index is 11.3. The summed E-state index contributed by atoms with van der Waals surface area (Å²) >= 11 is 0. The van der Waals surface area contributed by atoms with Crippen LogP contribution >= 0.6 is 0 Å². The summed E-state index contributed by atoms with van der Waals surface area (Å²) in [7, 11) is 0. The summed E-state index contributed by atoms with van der Waals surface area (Å²) in [6, 6.07) is 7.40. The molecule has 1 aromatic rings. The lowest BCUT2D eigenvalue weighted by Gasteiger charge is -2.27. The third-order valence-corrected chi connectivity index (χ3v) is 4.28. The first-order valence-electron chi connectivity index (χ1n) is 7.85. The second kappa shape index (κ2) is 6.83. The molecule has 1 saturated heterocycles. The predicted octanol–water partition coefficient (Wildman–Crippen LogP) is 2.32. The van der Waals surface area contributed by atoms with Gasteiger partial charge in [0, 0.05) is 26.2 Å². The summed E-state index contributed by atoms with van der Waals surface area (Å²) < 4.78 is 4.93. The van der Waals surface area contributed by atoms with Crippen molar-refractivity contribution in [3.8, 4) is 5.75 Å². The maximum Gasteiger partial charge on any atom is 0.409 e. The highest BCUT2D eigenvalue weighted by atomic mass is 16.6. The highest BCUT2D eigenvalue weighted by Crippen LogP contribution is 2.24. The Kier molecular flexibility index (Phi) is 4.63. The molecule has 5 heteroatoms. The molecule has 2 aliphatic heterocycles. The fraction of sp³-hybridized carbons (Fsp3) is 0.471. The summed E-state index contributed by atoms with van der Waals surface area (Å²) in [6.07, 6.45) is 4.10. The molecule has 0 aliphatic carbocycles. The van der Waals surface area contributed by atoms with Gasteiger partial charge in [0.05, 0.1) is 6.54 Å². The molecule has 2 aliphatic rings. The van der Waals surface area contributed by atoms with Gasteiger partial charge in [0.15, 0.2) is 0 Å². The molecule has 0 saturated carbocycles. The van der Waals surface area contributed by atoms with Crippen LogP contribution in [0.4, 0.5) is 4.79 Å². The summed E-state index contributed by atoms with van der Waals surface area (Å²) in [4.78, 5) is 15.5. The molecular formula is C17H22N2O3. The van der Waals surface area contributed by atoms with Crippen LogP contribution in [0, 0.1) is 0 Å². The van der Waals surface area contributed by atoms with Crippen molar-refractivity contribution in [2.24, 2.45) is 0 Å². The van der Waals surface area contributed by atoms with Crippen LogP contribution in [0.5, 0.6) is 5.75 Å². The number of phenols is 1. The lowest BCUT2D eigenvalue weighted by atomic mass is 9.99. The van der Waals surface area contributed by atoms with Crippen molar-refractivity contribution in [2.45, 2.75) is 12.8 Å². The molecule has 1 amide bonds. The molecule has 0 bridgehead atoms. The minimum Gasteiger partial charge on any atom is -0.508 e. The fourth-order valence-corrected chi connectivity index (χ4v) is 2.97. The average Bonchev–Trinajstić information content (AvgIpc) is 2.94. The number of hydrogen-bond acceptors (Lipinski definition) is 4. The monoisotopic (exact) mass is 302 g/mol. The molecule has 0 atom stereocenters. The van der Waals surface area contributed by atoms with Crippen LogP contribution in [-0.2, 0) is 4.74 Å². The Morgan fingerprint density at radius 3 is 2.59 bits per heavy atom. The van der Waals surface area contributed by atoms with Gasteiger partial charge in [-0.25, -0.2) is 4.79 Å². The molecule has 0 radical (unpaired) electrons. The van der Waals surface area contributed by atoms with Gasteiger partial charge >= 0.3 is 6.09 Å². The van der Waals surface area contributed by atoms with Gasteiger partial charge in [-0.1, -0.05) is 18.2 Å². The molecule has 22 heavy (non-hydrogen) atoms. The Morgan fingerprint density at radius 1 is 1.14 bits per heavy atom. The first-order chi connectivity index (χ1) is 10.7. The van der Waals surface area contributed by atoms with Crippen LogP contribution in [0.1, 0.15) is 18.4 Å². The minimum atomic E-state index is -0.173. The van der Waals surface area contributed by atoms with E-state index >= 15 is 0 Å². The number of benzene rings is 1. The molecule has 0 aromatic heterocycles. The number of carbonyl (C=O) groups excluding carboxylic acids is 1. The third-order valence-electron chi connectivity index (χ3n) is 4.28. The first-order valence-corrected chi connectivity index (χ1v) is 7.85. The van der Waals surface area contributed by atoms with Crippen molar-refractivity contribution in [1.82, 2.24) is 9.80 Å². The highest BCUT2D eigenvalue weighted by Gasteiger charge is 2.21. The molecule has 0 spiro atoms. The molecule has 1 fully saturated rings. The number of hydrogen-bond donors (Lipinski definition) is 1. The minimum absolute atomic E-state index is 0.173. The van der Waals surface area contributed by atoms with Crippen LogP contribution < -0.4 is 0 Å². The largest absolute Gasteiger partial charge is 0.508 e. The first kappa shape index (κ1) is 14.9. The van der Waals surface area contributed by atoms with Crippen molar-refractivity contribution < 1.29 is 14.6 Å². The van der Waals surface area contributed by atoms with E-state index in [9.17, 15) is 9.90 Å². The van der Waals surface area contributed by atoms with E-state index in [1.165, 1.54) is 11.1 Å². The molecule has 3 rings (SSSR count). The normalized spacial score (nSPS) is 19.2. The lowest BCUT2D eigenvalue weighted by Crippen LogP contribution is -2.33. The van der Waals surface area contributed by atoms with E-state index in [2.05, 4.69) is 11.0 Å². The summed E-state index contributed by atoms with van der Waals surface area (Å²) in [5, 5.41) is 9.34. The highest BCUT2D eigenvalue weighted by molar-refractivity contribution is 5.69. The van der Waals surface area contributed by atoms with E-state index < -0.39 is 0 Å². The zero-order chi connectivity index (χ0) is 15.4. The molecule has 1 N–H and O–H groups in total. The van der Waals surface area contributed by atoms with Crippen molar-refractivity contribution in [1.29, 1.82) is 0 Å². The van der Waals surface area contributed by atoms with Crippen molar-refractivity contribution in [2.75, 3.05) is 39.3 Å². The van der Waals surface area contributed by atoms with Gasteiger partial charge in [-0.15, -0.1) is 0 Å². The van der Waals surface area contributed by atoms with Gasteiger partial charge < -0.3 is 14.7 Å². The van der Waals surface area contributed by atoms with Gasteiger partial charge in [0.25, 0.3) is 0 Å². The van der Waals surface area contributed by atoms with Crippen LogP contribution in [0.2, 0.25) is 0 Å². The van der Waals surface area contributed by atoms with Gasteiger partial charge in [-0.2, -0.15) is 0 Å². The zero-order valence-corrected chi connectivity index (χ0v) is 12.7. The number of cyclic esters (lactones) is 1. The van der Waals surface area contributed by atoms with E-state index in [0.29, 0.717) is 12.4 Å². The zero-order valence-electron chi connectivity index (χ0n) is 12.7. The summed E-state index contributed by atoms with van der Waals surface area (Å²) in [5.74, 6) is 0.308. The van der Waals surface area contributed by atoms with Crippen LogP contribution in [-0.4, -0.2) is 60.3 Å². The van der Waals surface area contributed by atoms with Crippen molar-refractivity contribution in [3.05, 3.63) is 35.9 Å². The fourth-order valence-electron chi connectivity index (χ4n) is 2.97. The number of phenolic OH excluding ortho intramolecular Hbond substituents is 1. The van der Waals surface area contributed by atoms with E-state index in [1.807, 2.05) is 12.1 Å². The van der Waals surface area contributed by atoms with Crippen LogP contribution in [0.25, 0.3) is 5.57 Å². The second-order valence-electron chi connectivity index (χ2n) is 5.78. The van der Waals surface area contributed by atoms with Crippen LogP contribution in [0.15, 0.2) is 30.3 Å². The van der Waals surface area contributed by atoms with Crippen molar-refractivity contribution >= 4 is 11.7 Å². The maximum atomic E-state index is 11.3. The number of aromatic hydroxyl groups is 1. The number of rotatable bonds is 5. The Balaban J connectivity index is 1.44. The SMILES string of the molecule is O=C1OCCN1CCCN1CC=C(c2ccc(O)cc2)CC1. The Hall–Kier alpha value is -2.01. The van der Waals surface area contributed by atoms with E-state index in [0.717, 1.165) is 45.6 Å². The summed E-state index contributed by atoms with van der Waals surface area (Å²) in [6.45, 7) is 5.02. The Morgan fingerprint density at radius 2 is 1.95 bits per heavy atom. The molecule has 2 heterocycles. The lowest BCUT2D eigenvalue weighted by molar-refractivity contribution is 0.157. The predicted molar refractivity (Wildman–Crippen MR) is 84.7 cm³/mol. The average molecular weight is 302 g/mol. The standard InChI is InChI=1S/C17H22N2O3/c20-16-4-2-14(3-5-16)15-6-10-18(11-7-15)8-1-9-19-12-13-22-17(19)21/h2-6,20H,1,7-13H2. The molecule has 0 unspecified atom stereocenters. The quantitative estimate of drug-likeness (QED) is 0.907. The smallest absolute Gasteiger partial charge is 0.409 e. The molecule has 1 aromatic carbocycles. The molecule has 118 valence electrons. The Bertz CT molecular complexity index is 554. The number of nitrogens with zero attached hydrogens (tertiary/aromatic N) is 2. The molecular weight excluding hydrogens is 280 g/mol. The van der Waals surface area contributed by atoms with Gasteiger partial charge in [-0.05, 0) is 36.1 Å². The van der Waals surface area contributed by atoms with Gasteiger partial charge in [-0.3, -0.25) is 4.90 Å². The second-order valence-corrected chi connectivity index (χ2v) is 5.78. The number of amides is 1. The van der Waals surface area contributed by atoms with E-state index in [4.69, 9.17) is 4.74 Å². The summed E-state index contributed by atoms with van der Waals surface area (Å²) in [5.41, 5.74) is 2.54. The van der Waals surface area contributed by atoms with Gasteiger partial charge in [0.1, 0.15) is 12.4 Å². The van der Waals surface area contributed by atoms with Crippen molar-refractivity contribution in [3.63, 3.8) is 0 Å². The molecule has 5 nitrogen and oxygen atoms in total. The number of ether oxygens (including phenoxy) is 1. The third kappa shape index (κ3) is 3.60. The number of carbonyl (C=O) groups is 1. The topological polar surface area (TPSA) is 53.0 Å².